The van der Waals surface area contributed by atoms with E-state index < -0.39 is 78.6 Å². The van der Waals surface area contributed by atoms with Crippen LogP contribution in [0.5, 0.6) is 0 Å². The number of aromatic amines is 2. The van der Waals surface area contributed by atoms with Gasteiger partial charge >= 0.3 is 0 Å². The molecule has 0 spiro atoms. The molecular formula is C23H35N11O16P3-3. The predicted molar refractivity (Wildman–Crippen MR) is 173 cm³/mol. The molecule has 0 aromatic carbocycles. The molecular weight excluding hydrogens is 779 g/mol. The van der Waals surface area contributed by atoms with Gasteiger partial charge in [0.15, 0.2) is 23.2 Å². The summed E-state index contributed by atoms with van der Waals surface area (Å²) in [7, 11) is -15.1. The molecule has 6 unspecified atom stereocenters. The Hall–Kier alpha value is -3.36. The highest BCUT2D eigenvalue weighted by molar-refractivity contribution is 7.65. The molecule has 0 saturated carbocycles. The summed E-state index contributed by atoms with van der Waals surface area (Å²) in [6, 6.07) is 0. The van der Waals surface area contributed by atoms with Crippen molar-refractivity contribution in [1.82, 2.24) is 34.4 Å². The van der Waals surface area contributed by atoms with Crippen LogP contribution in [0.2, 0.25) is 0 Å². The Morgan fingerprint density at radius 1 is 0.981 bits per heavy atom. The van der Waals surface area contributed by atoms with Gasteiger partial charge in [-0.1, -0.05) is 0 Å². The van der Waals surface area contributed by atoms with Crippen molar-refractivity contribution in [3.05, 3.63) is 27.0 Å². The lowest BCUT2D eigenvalue weighted by atomic mass is 10.2. The smallest absolute Gasteiger partial charge is 0.280 e. The fraction of sp³-hybridized carbons (Fsp3) is 0.609. The number of morpholine rings is 1. The van der Waals surface area contributed by atoms with Crippen molar-refractivity contribution < 1.29 is 65.4 Å². The number of aliphatic hydroxyl groups is 1. The quantitative estimate of drug-likeness (QED) is 0.0645. The molecule has 5 rings (SSSR count). The van der Waals surface area contributed by atoms with Gasteiger partial charge in [-0.25, -0.2) is 13.6 Å². The Balaban J connectivity index is 1.15. The number of nitrogen functional groups attached to an aromatic ring is 2. The van der Waals surface area contributed by atoms with Crippen LogP contribution in [0.25, 0.3) is 11.2 Å². The normalized spacial score (nSPS) is 25.8. The summed E-state index contributed by atoms with van der Waals surface area (Å²) in [5.74, 6) is -0.437. The van der Waals surface area contributed by atoms with Gasteiger partial charge < -0.3 is 65.1 Å². The Labute approximate surface area is 297 Å². The van der Waals surface area contributed by atoms with E-state index in [9.17, 15) is 43.1 Å². The SMILES string of the molecule is CNc1c(NC2CN(CCO)CC(COP(=O)([O-])OP(=O)([O-])OP(=O)([O-])OCC3C[C@@H](OC)[C@H](n4cnc5c(=O)[nH]c(N)nc54)O3)O2)nc(N)[nH]c1=O. The fourth-order valence-corrected chi connectivity index (χ4v) is 8.88. The number of nitrogens with one attached hydrogen (secondary N) is 4. The number of hydrogen-bond acceptors (Lipinski definition) is 24. The number of anilines is 4. The van der Waals surface area contributed by atoms with E-state index in [4.69, 9.17) is 25.7 Å². The molecule has 8 atom stereocenters. The number of H-pyrrole nitrogens is 2. The van der Waals surface area contributed by atoms with E-state index in [1.807, 2.05) is 0 Å². The first-order valence-corrected chi connectivity index (χ1v) is 19.7. The number of aromatic nitrogens is 6. The number of β-amino-alcohol motifs (C(OH)–C–C–N with tert-alkyl or cyclic N) is 1. The van der Waals surface area contributed by atoms with E-state index in [-0.39, 0.29) is 67.2 Å². The predicted octanol–water partition coefficient (Wildman–Crippen LogP) is -3.69. The van der Waals surface area contributed by atoms with Crippen molar-refractivity contribution in [2.75, 3.05) is 75.7 Å². The molecule has 2 aliphatic heterocycles. The molecule has 2 saturated heterocycles. The molecule has 3 aromatic heterocycles. The lowest BCUT2D eigenvalue weighted by Crippen LogP contribution is -2.52. The van der Waals surface area contributed by atoms with Crippen molar-refractivity contribution >= 4 is 58.0 Å². The van der Waals surface area contributed by atoms with Crippen molar-refractivity contribution in [3.63, 3.8) is 0 Å². The van der Waals surface area contributed by atoms with Gasteiger partial charge in [-0.2, -0.15) is 9.97 Å². The molecule has 0 amide bonds. The minimum absolute atomic E-state index is 0.00268. The van der Waals surface area contributed by atoms with E-state index in [0.29, 0.717) is 0 Å². The van der Waals surface area contributed by atoms with E-state index in [1.165, 1.54) is 25.1 Å². The first kappa shape index (κ1) is 40.8. The van der Waals surface area contributed by atoms with Gasteiger partial charge in [-0.3, -0.25) is 42.7 Å². The molecule has 2 aliphatic rings. The number of ether oxygens (including phenoxy) is 3. The van der Waals surface area contributed by atoms with Crippen LogP contribution in [-0.2, 0) is 45.6 Å². The number of methoxy groups -OCH3 is 1. The maximum Gasteiger partial charge on any atom is 0.280 e. The molecule has 9 N–H and O–H groups in total. The lowest BCUT2D eigenvalue weighted by molar-refractivity contribution is -0.252. The standard InChI is InChI=1S/C23H38N11O16P3/c1-26-15-17(29-22(24)31-19(15)36)28-14-7-33(3-4-35)6-12(47-14)9-46-52(40,41)50-53(42,43)49-51(38,39)45-8-11-5-13(44-2)21(48-11)34-10-27-16-18(34)30-23(25)32-20(16)37/h10-14,21,26,35H,3-9H2,1-2H3,(H,38,39)(H,40,41)(H,42,43)(H3,25,30,32,37)(H4,24,28,29,31,36)/p-3/t11?,12?,13-,14?,21-/m1/s1. The van der Waals surface area contributed by atoms with E-state index >= 15 is 0 Å². The molecule has 0 bridgehead atoms. The van der Waals surface area contributed by atoms with Gasteiger partial charge in [0.2, 0.25) is 11.9 Å². The zero-order valence-electron chi connectivity index (χ0n) is 27.7. The second-order valence-electron chi connectivity index (χ2n) is 11.3. The third-order valence-electron chi connectivity index (χ3n) is 7.55. The Kier molecular flexibility index (Phi) is 12.8. The molecule has 53 heavy (non-hydrogen) atoms. The van der Waals surface area contributed by atoms with Gasteiger partial charge in [-0.05, 0) is 0 Å². The topological polar surface area (TPSA) is 394 Å². The van der Waals surface area contributed by atoms with Crippen LogP contribution in [-0.4, -0.2) is 118 Å². The zero-order chi connectivity index (χ0) is 38.7. The van der Waals surface area contributed by atoms with E-state index in [2.05, 4.69) is 53.2 Å². The Bertz CT molecular complexity index is 2030. The highest BCUT2D eigenvalue weighted by Crippen LogP contribution is 2.63. The first-order chi connectivity index (χ1) is 24.9. The van der Waals surface area contributed by atoms with E-state index in [1.54, 1.807) is 4.90 Å². The third kappa shape index (κ3) is 10.4. The highest BCUT2D eigenvalue weighted by Gasteiger charge is 2.39. The second-order valence-corrected chi connectivity index (χ2v) is 15.8. The Morgan fingerprint density at radius 2 is 1.62 bits per heavy atom. The summed E-state index contributed by atoms with van der Waals surface area (Å²) in [5, 5.41) is 14.9. The molecule has 3 aromatic rings. The lowest BCUT2D eigenvalue weighted by Gasteiger charge is -2.39. The van der Waals surface area contributed by atoms with Gasteiger partial charge in [0.1, 0.15) is 18.0 Å². The summed E-state index contributed by atoms with van der Waals surface area (Å²) >= 11 is 0. The van der Waals surface area contributed by atoms with E-state index in [0.717, 1.165) is 0 Å². The molecule has 27 nitrogen and oxygen atoms in total. The van der Waals surface area contributed by atoms with Gasteiger partial charge in [0, 0.05) is 40.2 Å². The molecule has 2 fully saturated rings. The van der Waals surface area contributed by atoms with Crippen LogP contribution >= 0.6 is 23.5 Å². The number of nitrogens with two attached hydrogens (primary N) is 2. The minimum Gasteiger partial charge on any atom is -0.756 e. The molecule has 5 heterocycles. The summed E-state index contributed by atoms with van der Waals surface area (Å²) < 4.78 is 72.7. The maximum atomic E-state index is 12.5. The fourth-order valence-electron chi connectivity index (χ4n) is 5.46. The van der Waals surface area contributed by atoms with Gasteiger partial charge in [0.05, 0.1) is 38.4 Å². The number of phosphoric ester groups is 2. The number of rotatable bonds is 17. The summed E-state index contributed by atoms with van der Waals surface area (Å²) in [4.78, 5) is 79.8. The van der Waals surface area contributed by atoms with Crippen molar-refractivity contribution in [2.24, 2.45) is 0 Å². The molecule has 296 valence electrons. The molecule has 30 heteroatoms. The van der Waals surface area contributed by atoms with Gasteiger partial charge in [-0.15, -0.1) is 0 Å². The minimum atomic E-state index is -6.21. The van der Waals surface area contributed by atoms with Crippen molar-refractivity contribution in [2.45, 2.75) is 37.2 Å². The van der Waals surface area contributed by atoms with Crippen LogP contribution < -0.4 is 47.9 Å². The van der Waals surface area contributed by atoms with Crippen LogP contribution in [0.1, 0.15) is 12.6 Å². The average molecular weight is 815 g/mol. The summed E-state index contributed by atoms with van der Waals surface area (Å²) in [6.45, 7) is -1.78. The van der Waals surface area contributed by atoms with Crippen LogP contribution in [0.3, 0.4) is 0 Å². The number of fused-ring (bicyclic) bond motifs is 1. The average Bonchev–Trinajstić information content (AvgIpc) is 3.66. The largest absolute Gasteiger partial charge is 0.756 e. The second kappa shape index (κ2) is 16.6. The third-order valence-corrected chi connectivity index (χ3v) is 11.7. The van der Waals surface area contributed by atoms with Crippen molar-refractivity contribution in [1.29, 1.82) is 0 Å². The molecule has 0 radical (unpaired) electrons. The van der Waals surface area contributed by atoms with Crippen LogP contribution in [0.15, 0.2) is 15.9 Å². The number of phosphoric acid groups is 3. The Morgan fingerprint density at radius 3 is 2.26 bits per heavy atom. The maximum absolute atomic E-state index is 12.5. The summed E-state index contributed by atoms with van der Waals surface area (Å²) in [5.41, 5.74) is 10.0. The zero-order valence-corrected chi connectivity index (χ0v) is 30.4. The van der Waals surface area contributed by atoms with Crippen LogP contribution in [0, 0.1) is 0 Å². The number of imidazole rings is 1. The number of nitrogens with zero attached hydrogens (tertiary/aromatic N) is 5. The monoisotopic (exact) mass is 814 g/mol. The molecule has 0 aliphatic carbocycles. The first-order valence-electron chi connectivity index (χ1n) is 15.3. The van der Waals surface area contributed by atoms with Crippen LogP contribution in [0.4, 0.5) is 23.4 Å². The number of hydrogen-bond donors (Lipinski definition) is 7. The van der Waals surface area contributed by atoms with Crippen molar-refractivity contribution in [3.8, 4) is 0 Å². The number of aliphatic hydroxyl groups excluding tert-OH is 1. The summed E-state index contributed by atoms with van der Waals surface area (Å²) in [6.07, 6.45) is -3.70. The van der Waals surface area contributed by atoms with Gasteiger partial charge in [0.25, 0.3) is 34.6 Å². The highest BCUT2D eigenvalue weighted by atomic mass is 31.3.